The summed E-state index contributed by atoms with van der Waals surface area (Å²) in [7, 11) is 0. The molecule has 0 bridgehead atoms. The second kappa shape index (κ2) is 9.30. The Morgan fingerprint density at radius 2 is 1.76 bits per heavy atom. The number of benzene rings is 2. The van der Waals surface area contributed by atoms with Crippen LogP contribution in [0.1, 0.15) is 23.7 Å². The number of carbonyl (C=O) groups is 2. The van der Waals surface area contributed by atoms with Gasteiger partial charge in [0.05, 0.1) is 17.2 Å². The summed E-state index contributed by atoms with van der Waals surface area (Å²) in [5.74, 6) is -0.396. The Labute approximate surface area is 155 Å². The summed E-state index contributed by atoms with van der Waals surface area (Å²) < 4.78 is 15.4. The van der Waals surface area contributed by atoms with Crippen molar-refractivity contribution in [1.29, 1.82) is 0 Å². The van der Waals surface area contributed by atoms with Gasteiger partial charge in [-0.1, -0.05) is 30.1 Å². The zero-order valence-electron chi connectivity index (χ0n) is 13.5. The molecule has 0 N–H and O–H groups in total. The summed E-state index contributed by atoms with van der Waals surface area (Å²) in [6.07, 6.45) is 0.749. The highest BCUT2D eigenvalue weighted by Crippen LogP contribution is 2.27. The fourth-order valence-electron chi connectivity index (χ4n) is 1.83. The van der Waals surface area contributed by atoms with E-state index < -0.39 is 11.9 Å². The van der Waals surface area contributed by atoms with Crippen LogP contribution in [0.25, 0.3) is 0 Å². The Hall–Kier alpha value is -2.24. The number of ether oxygens (including phenoxy) is 3. The number of hydrogen-bond donors (Lipinski definition) is 0. The third kappa shape index (κ3) is 5.96. The first kappa shape index (κ1) is 19.1. The normalized spacial score (nSPS) is 10.2. The molecule has 2 aromatic carbocycles. The van der Waals surface area contributed by atoms with Crippen molar-refractivity contribution in [2.45, 2.75) is 13.3 Å². The molecule has 0 aliphatic carbocycles. The molecule has 2 rings (SSSR count). The molecule has 25 heavy (non-hydrogen) atoms. The first-order valence-electron chi connectivity index (χ1n) is 7.55. The van der Waals surface area contributed by atoms with Gasteiger partial charge in [0.1, 0.15) is 11.5 Å². The molecule has 5 nitrogen and oxygen atoms in total. The largest absolute Gasteiger partial charge is 0.480 e. The van der Waals surface area contributed by atoms with Gasteiger partial charge in [-0.2, -0.15) is 0 Å². The predicted molar refractivity (Wildman–Crippen MR) is 94.6 cm³/mol. The van der Waals surface area contributed by atoms with Crippen molar-refractivity contribution in [3.8, 4) is 11.5 Å². The van der Waals surface area contributed by atoms with E-state index in [1.165, 1.54) is 30.3 Å². The van der Waals surface area contributed by atoms with Crippen LogP contribution in [0.5, 0.6) is 11.5 Å². The summed E-state index contributed by atoms with van der Waals surface area (Å²) in [6, 6.07) is 10.7. The van der Waals surface area contributed by atoms with Crippen LogP contribution in [-0.4, -0.2) is 25.2 Å². The van der Waals surface area contributed by atoms with Crippen molar-refractivity contribution in [3.05, 3.63) is 58.1 Å². The van der Waals surface area contributed by atoms with Crippen molar-refractivity contribution < 1.29 is 23.8 Å². The van der Waals surface area contributed by atoms with Crippen LogP contribution >= 0.6 is 23.2 Å². The van der Waals surface area contributed by atoms with Crippen LogP contribution < -0.4 is 9.47 Å². The van der Waals surface area contributed by atoms with Crippen LogP contribution in [0.3, 0.4) is 0 Å². The summed E-state index contributed by atoms with van der Waals surface area (Å²) in [5.41, 5.74) is 0.387. The number of hydrogen-bond acceptors (Lipinski definition) is 5. The minimum Gasteiger partial charge on any atom is -0.480 e. The van der Waals surface area contributed by atoms with Crippen LogP contribution in [-0.2, 0) is 9.53 Å². The molecule has 7 heteroatoms. The lowest BCUT2D eigenvalue weighted by Crippen LogP contribution is -2.17. The first-order chi connectivity index (χ1) is 12.0. The summed E-state index contributed by atoms with van der Waals surface area (Å²) in [6.45, 7) is 1.96. The zero-order valence-corrected chi connectivity index (χ0v) is 15.0. The second-order valence-corrected chi connectivity index (χ2v) is 5.84. The fraction of sp³-hybridized carbons (Fsp3) is 0.222. The Morgan fingerprint density at radius 3 is 2.40 bits per heavy atom. The molecule has 0 aromatic heterocycles. The van der Waals surface area contributed by atoms with Gasteiger partial charge in [-0.15, -0.1) is 0 Å². The Bertz CT molecular complexity index is 744. The van der Waals surface area contributed by atoms with Crippen molar-refractivity contribution in [2.75, 3.05) is 13.2 Å². The summed E-state index contributed by atoms with van der Waals surface area (Å²) >= 11 is 11.7. The van der Waals surface area contributed by atoms with Crippen LogP contribution in [0, 0.1) is 0 Å². The van der Waals surface area contributed by atoms with Crippen LogP contribution in [0.15, 0.2) is 42.5 Å². The van der Waals surface area contributed by atoms with E-state index >= 15 is 0 Å². The average Bonchev–Trinajstić information content (AvgIpc) is 2.59. The molecule has 0 aliphatic heterocycles. The minimum atomic E-state index is -0.604. The van der Waals surface area contributed by atoms with E-state index in [1.54, 1.807) is 12.1 Å². The molecule has 2 aromatic rings. The molecule has 0 unspecified atom stereocenters. The molecule has 0 heterocycles. The van der Waals surface area contributed by atoms with Gasteiger partial charge in [-0.3, -0.25) is 0 Å². The molecule has 0 atom stereocenters. The lowest BCUT2D eigenvalue weighted by atomic mass is 10.2. The number of halogens is 2. The van der Waals surface area contributed by atoms with Crippen molar-refractivity contribution >= 4 is 35.1 Å². The first-order valence-corrected chi connectivity index (χ1v) is 8.31. The van der Waals surface area contributed by atoms with E-state index in [0.717, 1.165) is 6.42 Å². The Morgan fingerprint density at radius 1 is 1.04 bits per heavy atom. The van der Waals surface area contributed by atoms with Gasteiger partial charge in [0, 0.05) is 5.02 Å². The minimum absolute atomic E-state index is 0.294. The molecule has 0 amide bonds. The molecule has 0 fully saturated rings. The third-order valence-corrected chi connectivity index (χ3v) is 3.53. The Kier molecular flexibility index (Phi) is 7.10. The lowest BCUT2D eigenvalue weighted by molar-refractivity contribution is -0.136. The SMILES string of the molecule is CCCOC(=O)c1ccc(OC(=O)COc2ccc(Cl)cc2Cl)cc1. The van der Waals surface area contributed by atoms with Gasteiger partial charge in [-0.25, -0.2) is 9.59 Å². The predicted octanol–water partition coefficient (Wildman–Crippen LogP) is 4.54. The van der Waals surface area contributed by atoms with Gasteiger partial charge in [-0.05, 0) is 48.9 Å². The van der Waals surface area contributed by atoms with Gasteiger partial charge < -0.3 is 14.2 Å². The zero-order chi connectivity index (χ0) is 18.2. The maximum atomic E-state index is 11.8. The highest BCUT2D eigenvalue weighted by molar-refractivity contribution is 6.35. The fourth-order valence-corrected chi connectivity index (χ4v) is 2.29. The number of rotatable bonds is 7. The van der Waals surface area contributed by atoms with E-state index in [-0.39, 0.29) is 6.61 Å². The van der Waals surface area contributed by atoms with E-state index in [9.17, 15) is 9.59 Å². The van der Waals surface area contributed by atoms with Crippen molar-refractivity contribution in [1.82, 2.24) is 0 Å². The van der Waals surface area contributed by atoms with Gasteiger partial charge in [0.25, 0.3) is 0 Å². The van der Waals surface area contributed by atoms with Crippen LogP contribution in [0.4, 0.5) is 0 Å². The molecule has 0 spiro atoms. The monoisotopic (exact) mass is 382 g/mol. The summed E-state index contributed by atoms with van der Waals surface area (Å²) in [4.78, 5) is 23.5. The topological polar surface area (TPSA) is 61.8 Å². The third-order valence-electron chi connectivity index (χ3n) is 3.00. The average molecular weight is 383 g/mol. The molecule has 132 valence electrons. The number of carbonyl (C=O) groups excluding carboxylic acids is 2. The highest BCUT2D eigenvalue weighted by Gasteiger charge is 2.11. The van der Waals surface area contributed by atoms with Gasteiger partial charge >= 0.3 is 11.9 Å². The van der Waals surface area contributed by atoms with Gasteiger partial charge in [0.2, 0.25) is 0 Å². The van der Waals surface area contributed by atoms with Gasteiger partial charge in [0.15, 0.2) is 6.61 Å². The molecule has 0 radical (unpaired) electrons. The van der Waals surface area contributed by atoms with Crippen molar-refractivity contribution in [2.24, 2.45) is 0 Å². The van der Waals surface area contributed by atoms with Crippen LogP contribution in [0.2, 0.25) is 10.0 Å². The standard InChI is InChI=1S/C18H16Cl2O5/c1-2-9-23-18(22)12-3-6-14(7-4-12)25-17(21)11-24-16-8-5-13(19)10-15(16)20/h3-8,10H,2,9,11H2,1H3. The Balaban J connectivity index is 1.87. The maximum absolute atomic E-state index is 11.8. The van der Waals surface area contributed by atoms with E-state index in [4.69, 9.17) is 37.4 Å². The molecular weight excluding hydrogens is 367 g/mol. The van der Waals surface area contributed by atoms with Crippen molar-refractivity contribution in [3.63, 3.8) is 0 Å². The quantitative estimate of drug-likeness (QED) is 0.519. The molecule has 0 saturated heterocycles. The van der Waals surface area contributed by atoms with E-state index in [2.05, 4.69) is 0 Å². The van der Waals surface area contributed by atoms with E-state index in [1.807, 2.05) is 6.92 Å². The second-order valence-electron chi connectivity index (χ2n) is 5.00. The van der Waals surface area contributed by atoms with E-state index in [0.29, 0.717) is 33.7 Å². The molecule has 0 aliphatic rings. The molecule has 0 saturated carbocycles. The summed E-state index contributed by atoms with van der Waals surface area (Å²) in [5, 5.41) is 0.771. The lowest BCUT2D eigenvalue weighted by Gasteiger charge is -2.09. The highest BCUT2D eigenvalue weighted by atomic mass is 35.5. The number of esters is 2. The molecular formula is C18H16Cl2O5. The smallest absolute Gasteiger partial charge is 0.349 e. The maximum Gasteiger partial charge on any atom is 0.349 e.